The highest BCUT2D eigenvalue weighted by atomic mass is 16.1. The second kappa shape index (κ2) is 8.39. The van der Waals surface area contributed by atoms with Crippen LogP contribution in [-0.2, 0) is 18.3 Å². The first kappa shape index (κ1) is 19.1. The predicted molar refractivity (Wildman–Crippen MR) is 113 cm³/mol. The van der Waals surface area contributed by atoms with Crippen LogP contribution in [0.5, 0.6) is 0 Å². The third-order valence-corrected chi connectivity index (χ3v) is 5.60. The largest absolute Gasteiger partial charge is 0.352 e. The molecular weight excluding hydrogens is 364 g/mol. The zero-order valence-corrected chi connectivity index (χ0v) is 16.5. The molecule has 3 heterocycles. The number of benzene rings is 1. The Morgan fingerprint density at radius 1 is 1.10 bits per heavy atom. The third kappa shape index (κ3) is 4.11. The Kier molecular flexibility index (Phi) is 5.51. The number of carbonyl (C=O) groups is 1. The number of anilines is 1. The maximum absolute atomic E-state index is 13.0. The van der Waals surface area contributed by atoms with Crippen molar-refractivity contribution in [1.29, 1.82) is 0 Å². The minimum Gasteiger partial charge on any atom is -0.352 e. The average Bonchev–Trinajstić information content (AvgIpc) is 2.77. The summed E-state index contributed by atoms with van der Waals surface area (Å²) >= 11 is 0. The quantitative estimate of drug-likeness (QED) is 0.672. The first-order valence-electron chi connectivity index (χ1n) is 9.91. The van der Waals surface area contributed by atoms with E-state index in [2.05, 4.69) is 9.97 Å². The summed E-state index contributed by atoms with van der Waals surface area (Å²) in [5, 5.41) is 0. The van der Waals surface area contributed by atoms with Crippen LogP contribution in [-0.4, -0.2) is 33.4 Å². The molecule has 0 saturated carbocycles. The van der Waals surface area contributed by atoms with E-state index in [1.54, 1.807) is 25.6 Å². The van der Waals surface area contributed by atoms with E-state index in [0.717, 1.165) is 29.5 Å². The summed E-state index contributed by atoms with van der Waals surface area (Å²) in [4.78, 5) is 35.7. The molecule has 0 unspecified atom stereocenters. The number of aromatic nitrogens is 3. The van der Waals surface area contributed by atoms with Gasteiger partial charge in [0.15, 0.2) is 5.82 Å². The van der Waals surface area contributed by atoms with Gasteiger partial charge in [-0.15, -0.1) is 0 Å². The zero-order valence-electron chi connectivity index (χ0n) is 16.5. The fourth-order valence-corrected chi connectivity index (χ4v) is 3.92. The molecule has 1 aromatic carbocycles. The first-order chi connectivity index (χ1) is 14.1. The molecule has 0 bridgehead atoms. The van der Waals surface area contributed by atoms with E-state index in [1.807, 2.05) is 47.5 Å². The van der Waals surface area contributed by atoms with Crippen LogP contribution in [0.15, 0.2) is 66.0 Å². The minimum absolute atomic E-state index is 0.0146. The Hall–Kier alpha value is -3.28. The van der Waals surface area contributed by atoms with E-state index in [1.165, 1.54) is 4.57 Å². The number of Topliss-reactive ketones (excluding diaryl/α,β-unsaturated/α-hetero) is 1. The number of carbonyl (C=O) groups excluding carboxylic acids is 1. The molecule has 6 nitrogen and oxygen atoms in total. The van der Waals surface area contributed by atoms with E-state index < -0.39 is 0 Å². The van der Waals surface area contributed by atoms with Gasteiger partial charge in [-0.3, -0.25) is 14.6 Å². The molecule has 1 aliphatic rings. The van der Waals surface area contributed by atoms with Gasteiger partial charge in [0.1, 0.15) is 5.78 Å². The van der Waals surface area contributed by atoms with Gasteiger partial charge in [0.2, 0.25) is 0 Å². The number of hydrogen-bond donors (Lipinski definition) is 0. The molecule has 2 aromatic heterocycles. The number of ketones is 1. The van der Waals surface area contributed by atoms with Gasteiger partial charge in [-0.1, -0.05) is 30.3 Å². The van der Waals surface area contributed by atoms with Gasteiger partial charge in [0.05, 0.1) is 0 Å². The Balaban J connectivity index is 1.44. The van der Waals surface area contributed by atoms with Gasteiger partial charge >= 0.3 is 0 Å². The van der Waals surface area contributed by atoms with Gasteiger partial charge in [-0.2, -0.15) is 0 Å². The molecule has 0 spiro atoms. The van der Waals surface area contributed by atoms with E-state index in [-0.39, 0.29) is 17.3 Å². The molecule has 1 saturated heterocycles. The van der Waals surface area contributed by atoms with E-state index in [4.69, 9.17) is 0 Å². The molecule has 29 heavy (non-hydrogen) atoms. The van der Waals surface area contributed by atoms with Crippen LogP contribution in [0, 0.1) is 5.92 Å². The Morgan fingerprint density at radius 2 is 1.90 bits per heavy atom. The second-order valence-electron chi connectivity index (χ2n) is 7.47. The van der Waals surface area contributed by atoms with E-state index in [0.29, 0.717) is 25.3 Å². The van der Waals surface area contributed by atoms with Crippen LogP contribution in [0.4, 0.5) is 5.82 Å². The van der Waals surface area contributed by atoms with Crippen LogP contribution in [0.3, 0.4) is 0 Å². The molecule has 1 fully saturated rings. The monoisotopic (exact) mass is 388 g/mol. The van der Waals surface area contributed by atoms with Gasteiger partial charge < -0.3 is 9.47 Å². The molecule has 1 aliphatic heterocycles. The maximum Gasteiger partial charge on any atom is 0.293 e. The standard InChI is InChI=1S/C23H24N4O2/c1-26-14-11-25-22(23(26)29)27-12-8-17(9-13-27)21(28)15-18-5-2-3-7-20(18)19-6-4-10-24-16-19/h2-7,10-11,14,16-17H,8-9,12-13,15H2,1H3. The second-order valence-corrected chi connectivity index (χ2v) is 7.47. The lowest BCUT2D eigenvalue weighted by molar-refractivity contribution is -0.122. The number of piperidine rings is 1. The number of nitrogens with zero attached hydrogens (tertiary/aromatic N) is 4. The van der Waals surface area contributed by atoms with Gasteiger partial charge in [-0.05, 0) is 30.0 Å². The maximum atomic E-state index is 13.0. The van der Waals surface area contributed by atoms with Gasteiger partial charge in [-0.25, -0.2) is 4.98 Å². The molecular formula is C23H24N4O2. The van der Waals surface area contributed by atoms with Crippen LogP contribution in [0.1, 0.15) is 18.4 Å². The fraction of sp³-hybridized carbons (Fsp3) is 0.304. The topological polar surface area (TPSA) is 68.1 Å². The predicted octanol–water partition coefficient (Wildman–Crippen LogP) is 2.87. The van der Waals surface area contributed by atoms with Crippen molar-refractivity contribution in [3.63, 3.8) is 0 Å². The van der Waals surface area contributed by atoms with Crippen molar-refractivity contribution in [2.45, 2.75) is 19.3 Å². The molecule has 3 aromatic rings. The smallest absolute Gasteiger partial charge is 0.293 e. The van der Waals surface area contributed by atoms with Crippen molar-refractivity contribution in [2.24, 2.45) is 13.0 Å². The first-order valence-corrected chi connectivity index (χ1v) is 9.91. The molecule has 0 radical (unpaired) electrons. The number of pyridine rings is 1. The number of hydrogen-bond acceptors (Lipinski definition) is 5. The molecule has 4 rings (SSSR count). The molecule has 148 valence electrons. The lowest BCUT2D eigenvalue weighted by Crippen LogP contribution is -2.40. The highest BCUT2D eigenvalue weighted by Gasteiger charge is 2.27. The highest BCUT2D eigenvalue weighted by Crippen LogP contribution is 2.26. The average molecular weight is 388 g/mol. The lowest BCUT2D eigenvalue weighted by Gasteiger charge is -2.31. The summed E-state index contributed by atoms with van der Waals surface area (Å²) in [7, 11) is 1.73. The summed E-state index contributed by atoms with van der Waals surface area (Å²) in [6, 6.07) is 11.9. The van der Waals surface area contributed by atoms with Crippen molar-refractivity contribution >= 4 is 11.6 Å². The van der Waals surface area contributed by atoms with Crippen molar-refractivity contribution in [1.82, 2.24) is 14.5 Å². The SMILES string of the molecule is Cn1ccnc(N2CCC(C(=O)Cc3ccccc3-c3cccnc3)CC2)c1=O. The highest BCUT2D eigenvalue weighted by molar-refractivity contribution is 5.85. The minimum atomic E-state index is -0.0947. The van der Waals surface area contributed by atoms with Crippen molar-refractivity contribution in [3.05, 3.63) is 77.1 Å². The van der Waals surface area contributed by atoms with Gasteiger partial charge in [0, 0.05) is 62.8 Å². The molecule has 0 aliphatic carbocycles. The molecule has 0 atom stereocenters. The number of rotatable bonds is 5. The van der Waals surface area contributed by atoms with Crippen molar-refractivity contribution in [3.8, 4) is 11.1 Å². The van der Waals surface area contributed by atoms with Crippen LogP contribution in [0.2, 0.25) is 0 Å². The molecule has 0 amide bonds. The summed E-state index contributed by atoms with van der Waals surface area (Å²) in [5.74, 6) is 0.749. The Morgan fingerprint density at radius 3 is 2.66 bits per heavy atom. The van der Waals surface area contributed by atoms with Gasteiger partial charge in [0.25, 0.3) is 5.56 Å². The number of aryl methyl sites for hydroxylation is 1. The lowest BCUT2D eigenvalue weighted by atomic mass is 9.87. The van der Waals surface area contributed by atoms with Crippen LogP contribution >= 0.6 is 0 Å². The zero-order chi connectivity index (χ0) is 20.2. The van der Waals surface area contributed by atoms with Crippen LogP contribution in [0.25, 0.3) is 11.1 Å². The van der Waals surface area contributed by atoms with Crippen molar-refractivity contribution in [2.75, 3.05) is 18.0 Å². The summed E-state index contributed by atoms with van der Waals surface area (Å²) < 4.78 is 1.54. The van der Waals surface area contributed by atoms with E-state index in [9.17, 15) is 9.59 Å². The molecule has 6 heteroatoms. The fourth-order valence-electron chi connectivity index (χ4n) is 3.92. The summed E-state index contributed by atoms with van der Waals surface area (Å²) in [6.45, 7) is 1.35. The Labute approximate surface area is 169 Å². The van der Waals surface area contributed by atoms with E-state index >= 15 is 0 Å². The molecule has 0 N–H and O–H groups in total. The van der Waals surface area contributed by atoms with Crippen LogP contribution < -0.4 is 10.5 Å². The van der Waals surface area contributed by atoms with Crippen molar-refractivity contribution < 1.29 is 4.79 Å². The Bertz CT molecular complexity index is 1050. The third-order valence-electron chi connectivity index (χ3n) is 5.60. The summed E-state index contributed by atoms with van der Waals surface area (Å²) in [6.07, 6.45) is 8.78. The normalized spacial score (nSPS) is 14.7. The summed E-state index contributed by atoms with van der Waals surface area (Å²) in [5.41, 5.74) is 3.02.